The van der Waals surface area contributed by atoms with Crippen molar-refractivity contribution in [3.63, 3.8) is 0 Å². The van der Waals surface area contributed by atoms with Gasteiger partial charge in [-0.2, -0.15) is 0 Å². The highest BCUT2D eigenvalue weighted by Crippen LogP contribution is 2.25. The summed E-state index contributed by atoms with van der Waals surface area (Å²) in [6.07, 6.45) is 2.13. The number of thiophene rings is 1. The van der Waals surface area contributed by atoms with Crippen LogP contribution in [0.4, 0.5) is 10.5 Å². The highest BCUT2D eigenvalue weighted by atomic mass is 32.1. The number of carbonyl (C=O) groups is 1. The minimum absolute atomic E-state index is 0.0880. The molecule has 4 rings (SSSR count). The first-order chi connectivity index (χ1) is 11.8. The first kappa shape index (κ1) is 15.5. The zero-order chi connectivity index (χ0) is 16.4. The van der Waals surface area contributed by atoms with E-state index in [0.717, 1.165) is 45.6 Å². The van der Waals surface area contributed by atoms with E-state index in [1.165, 1.54) is 16.1 Å². The highest BCUT2D eigenvalue weighted by molar-refractivity contribution is 7.10. The summed E-state index contributed by atoms with van der Waals surface area (Å²) in [5, 5.41) is 5.28. The molecule has 5 heteroatoms. The maximum Gasteiger partial charge on any atom is 0.317 e. The molecule has 0 aliphatic carbocycles. The Morgan fingerprint density at radius 2 is 2.08 bits per heavy atom. The molecule has 0 saturated carbocycles. The smallest absolute Gasteiger partial charge is 0.317 e. The summed E-state index contributed by atoms with van der Waals surface area (Å²) in [6.45, 7) is 4.46. The van der Waals surface area contributed by atoms with Gasteiger partial charge >= 0.3 is 6.03 Å². The van der Waals surface area contributed by atoms with Crippen molar-refractivity contribution in [1.82, 2.24) is 10.2 Å². The van der Waals surface area contributed by atoms with Gasteiger partial charge in [0, 0.05) is 43.3 Å². The summed E-state index contributed by atoms with van der Waals surface area (Å²) in [4.78, 5) is 18.2. The number of rotatable bonds is 3. The van der Waals surface area contributed by atoms with Crippen molar-refractivity contribution < 1.29 is 4.79 Å². The first-order valence-electron chi connectivity index (χ1n) is 8.67. The predicted molar refractivity (Wildman–Crippen MR) is 98.6 cm³/mol. The Morgan fingerprint density at radius 1 is 1.21 bits per heavy atom. The molecule has 1 saturated heterocycles. The molecule has 1 aromatic heterocycles. The maximum absolute atomic E-state index is 12.4. The van der Waals surface area contributed by atoms with Gasteiger partial charge in [0.05, 0.1) is 0 Å². The molecule has 24 heavy (non-hydrogen) atoms. The molecule has 0 spiro atoms. The molecule has 2 amide bonds. The summed E-state index contributed by atoms with van der Waals surface area (Å²) in [7, 11) is 0. The molecule has 3 heterocycles. The van der Waals surface area contributed by atoms with Gasteiger partial charge in [0.1, 0.15) is 0 Å². The van der Waals surface area contributed by atoms with Crippen molar-refractivity contribution in [3.05, 3.63) is 52.2 Å². The fourth-order valence-corrected chi connectivity index (χ4v) is 4.53. The normalized spacial score (nSPS) is 20.1. The zero-order valence-electron chi connectivity index (χ0n) is 13.8. The average molecular weight is 341 g/mol. The van der Waals surface area contributed by atoms with Crippen molar-refractivity contribution >= 4 is 23.1 Å². The van der Waals surface area contributed by atoms with E-state index in [9.17, 15) is 4.79 Å². The second-order valence-electron chi connectivity index (χ2n) is 6.66. The van der Waals surface area contributed by atoms with Crippen LogP contribution in [0.3, 0.4) is 0 Å². The Balaban J connectivity index is 1.26. The van der Waals surface area contributed by atoms with Crippen LogP contribution in [0.1, 0.15) is 16.9 Å². The molecule has 126 valence electrons. The quantitative estimate of drug-likeness (QED) is 0.929. The fraction of sp³-hybridized carbons (Fsp3) is 0.421. The lowest BCUT2D eigenvalue weighted by atomic mass is 10.1. The number of nitrogens with one attached hydrogen (secondary N) is 1. The van der Waals surface area contributed by atoms with E-state index >= 15 is 0 Å². The molecule has 4 nitrogen and oxygen atoms in total. The number of carbonyl (C=O) groups excluding carboxylic acids is 1. The van der Waals surface area contributed by atoms with Gasteiger partial charge in [-0.05, 0) is 47.9 Å². The molecule has 1 atom stereocenters. The molecule has 1 fully saturated rings. The van der Waals surface area contributed by atoms with E-state index < -0.39 is 0 Å². The molecule has 2 aliphatic rings. The number of nitrogens with zero attached hydrogens (tertiary/aromatic N) is 2. The van der Waals surface area contributed by atoms with E-state index in [1.54, 1.807) is 0 Å². The minimum Gasteiger partial charge on any atom is -0.371 e. The maximum atomic E-state index is 12.4. The van der Waals surface area contributed by atoms with Gasteiger partial charge < -0.3 is 15.1 Å². The van der Waals surface area contributed by atoms with Crippen LogP contribution in [-0.4, -0.2) is 37.1 Å². The lowest BCUT2D eigenvalue weighted by Gasteiger charge is -2.27. The Morgan fingerprint density at radius 3 is 2.96 bits per heavy atom. The predicted octanol–water partition coefficient (Wildman–Crippen LogP) is 3.34. The summed E-state index contributed by atoms with van der Waals surface area (Å²) in [5.74, 6) is 0.538. The molecule has 1 N–H and O–H groups in total. The van der Waals surface area contributed by atoms with Crippen molar-refractivity contribution in [2.75, 3.05) is 31.1 Å². The van der Waals surface area contributed by atoms with Crippen molar-refractivity contribution in [1.29, 1.82) is 0 Å². The molecular weight excluding hydrogens is 318 g/mol. The van der Waals surface area contributed by atoms with Gasteiger partial charge in [-0.25, -0.2) is 4.79 Å². The van der Waals surface area contributed by atoms with Crippen LogP contribution >= 0.6 is 11.3 Å². The molecule has 1 aromatic carbocycles. The third-order valence-electron chi connectivity index (χ3n) is 5.04. The van der Waals surface area contributed by atoms with Crippen LogP contribution in [0.25, 0.3) is 0 Å². The van der Waals surface area contributed by atoms with Gasteiger partial charge in [-0.1, -0.05) is 18.2 Å². The fourth-order valence-electron chi connectivity index (χ4n) is 3.64. The van der Waals surface area contributed by atoms with Gasteiger partial charge in [0.25, 0.3) is 0 Å². The van der Waals surface area contributed by atoms with Crippen LogP contribution in [0.15, 0.2) is 41.8 Å². The summed E-state index contributed by atoms with van der Waals surface area (Å²) >= 11 is 1.81. The van der Waals surface area contributed by atoms with Gasteiger partial charge in [-0.3, -0.25) is 0 Å². The number of urea groups is 1. The number of amides is 2. The Kier molecular flexibility index (Phi) is 4.43. The highest BCUT2D eigenvalue weighted by Gasteiger charge is 2.25. The molecule has 0 bridgehead atoms. The van der Waals surface area contributed by atoms with Crippen LogP contribution in [0, 0.1) is 5.92 Å². The summed E-state index contributed by atoms with van der Waals surface area (Å²) < 4.78 is 0. The van der Waals surface area contributed by atoms with E-state index in [1.807, 2.05) is 16.2 Å². The third-order valence-corrected chi connectivity index (χ3v) is 6.07. The van der Waals surface area contributed by atoms with Crippen LogP contribution < -0.4 is 10.2 Å². The van der Waals surface area contributed by atoms with E-state index in [4.69, 9.17) is 0 Å². The SMILES string of the molecule is O=C(NCC1CCN(c2ccccc2)C1)N1CCc2sccc2C1. The number of hydrogen-bond donors (Lipinski definition) is 1. The van der Waals surface area contributed by atoms with Gasteiger partial charge in [-0.15, -0.1) is 11.3 Å². The largest absolute Gasteiger partial charge is 0.371 e. The van der Waals surface area contributed by atoms with Crippen molar-refractivity contribution in [2.45, 2.75) is 19.4 Å². The van der Waals surface area contributed by atoms with E-state index in [0.29, 0.717) is 5.92 Å². The molecule has 2 aliphatic heterocycles. The topological polar surface area (TPSA) is 35.6 Å². The monoisotopic (exact) mass is 341 g/mol. The number of fused-ring (bicyclic) bond motifs is 1. The first-order valence-corrected chi connectivity index (χ1v) is 9.55. The molecular formula is C19H23N3OS. The van der Waals surface area contributed by atoms with Crippen LogP contribution in [0.2, 0.25) is 0 Å². The number of para-hydroxylation sites is 1. The Hall–Kier alpha value is -2.01. The van der Waals surface area contributed by atoms with Crippen LogP contribution in [-0.2, 0) is 13.0 Å². The second-order valence-corrected chi connectivity index (χ2v) is 7.66. The lowest BCUT2D eigenvalue weighted by Crippen LogP contribution is -2.44. The third kappa shape index (κ3) is 3.26. The Bertz CT molecular complexity index is 700. The summed E-state index contributed by atoms with van der Waals surface area (Å²) in [5.41, 5.74) is 2.60. The molecule has 1 unspecified atom stereocenters. The zero-order valence-corrected chi connectivity index (χ0v) is 14.6. The van der Waals surface area contributed by atoms with Crippen molar-refractivity contribution in [2.24, 2.45) is 5.92 Å². The number of benzene rings is 1. The van der Waals surface area contributed by atoms with Crippen LogP contribution in [0.5, 0.6) is 0 Å². The number of hydrogen-bond acceptors (Lipinski definition) is 3. The minimum atomic E-state index is 0.0880. The van der Waals surface area contributed by atoms with E-state index in [2.05, 4.69) is 52.0 Å². The second kappa shape index (κ2) is 6.85. The standard InChI is InChI=1S/C19H23N3OS/c23-19(22-10-7-18-16(14-22)8-11-24-18)20-12-15-6-9-21(13-15)17-4-2-1-3-5-17/h1-5,8,11,15H,6-7,9-10,12-14H2,(H,20,23). The lowest BCUT2D eigenvalue weighted by molar-refractivity contribution is 0.191. The van der Waals surface area contributed by atoms with E-state index in [-0.39, 0.29) is 6.03 Å². The van der Waals surface area contributed by atoms with Crippen molar-refractivity contribution in [3.8, 4) is 0 Å². The van der Waals surface area contributed by atoms with Gasteiger partial charge in [0.15, 0.2) is 0 Å². The molecule has 2 aromatic rings. The average Bonchev–Trinajstić information content (AvgIpc) is 3.29. The Labute approximate surface area is 147 Å². The number of anilines is 1. The molecule has 0 radical (unpaired) electrons. The summed E-state index contributed by atoms with van der Waals surface area (Å²) in [6, 6.07) is 12.8. The van der Waals surface area contributed by atoms with Gasteiger partial charge in [0.2, 0.25) is 0 Å².